The first-order chi connectivity index (χ1) is 5.57. The second kappa shape index (κ2) is 2.78. The number of rotatable bonds is 1. The van der Waals surface area contributed by atoms with E-state index in [1.54, 1.807) is 0 Å². The quantitative estimate of drug-likeness (QED) is 0.389. The fourth-order valence-electron chi connectivity index (χ4n) is 0.676. The van der Waals surface area contributed by atoms with Crippen LogP contribution in [0.3, 0.4) is 0 Å². The molecule has 0 spiro atoms. The lowest BCUT2D eigenvalue weighted by Crippen LogP contribution is -2.25. The van der Waals surface area contributed by atoms with Crippen LogP contribution in [0.2, 0.25) is 0 Å². The maximum absolute atomic E-state index is 11.1. The van der Waals surface area contributed by atoms with Crippen LogP contribution in [-0.2, 0) is 4.79 Å². The van der Waals surface area contributed by atoms with Gasteiger partial charge in [-0.05, 0) is 12.2 Å². The van der Waals surface area contributed by atoms with Gasteiger partial charge < -0.3 is 16.5 Å². The molecule has 12 heavy (non-hydrogen) atoms. The number of hydrogen-bond acceptors (Lipinski definition) is 5. The Morgan fingerprint density at radius 2 is 2.08 bits per heavy atom. The summed E-state index contributed by atoms with van der Waals surface area (Å²) in [5.41, 5.74) is 9.59. The second-order valence-electron chi connectivity index (χ2n) is 2.04. The summed E-state index contributed by atoms with van der Waals surface area (Å²) in [5, 5.41) is 0. The highest BCUT2D eigenvalue weighted by molar-refractivity contribution is 7.71. The van der Waals surface area contributed by atoms with Gasteiger partial charge in [-0.3, -0.25) is 9.59 Å². The lowest BCUT2D eigenvalue weighted by atomic mass is 10.5. The molecule has 64 valence electrons. The van der Waals surface area contributed by atoms with Gasteiger partial charge in [0.25, 0.3) is 5.56 Å². The summed E-state index contributed by atoms with van der Waals surface area (Å²) in [5.74, 6) is -0.0249. The second-order valence-corrected chi connectivity index (χ2v) is 2.42. The van der Waals surface area contributed by atoms with E-state index in [2.05, 4.69) is 17.2 Å². The Hall–Kier alpha value is -1.63. The van der Waals surface area contributed by atoms with E-state index in [-0.39, 0.29) is 22.7 Å². The van der Waals surface area contributed by atoms with Gasteiger partial charge in [0.2, 0.25) is 6.41 Å². The molecule has 0 bridgehead atoms. The van der Waals surface area contributed by atoms with Crippen molar-refractivity contribution in [2.75, 3.05) is 11.5 Å². The molecule has 0 saturated carbocycles. The summed E-state index contributed by atoms with van der Waals surface area (Å²) in [6.07, 6.45) is 0.275. The van der Waals surface area contributed by atoms with E-state index in [0.717, 1.165) is 0 Å². The average molecular weight is 186 g/mol. The van der Waals surface area contributed by atoms with Crippen molar-refractivity contribution >= 4 is 30.1 Å². The van der Waals surface area contributed by atoms with E-state index < -0.39 is 5.56 Å². The van der Waals surface area contributed by atoms with Crippen molar-refractivity contribution in [2.24, 2.45) is 0 Å². The highest BCUT2D eigenvalue weighted by Gasteiger charge is 2.04. The van der Waals surface area contributed by atoms with E-state index in [0.29, 0.717) is 4.57 Å². The Kier molecular flexibility index (Phi) is 1.96. The third kappa shape index (κ3) is 1.10. The van der Waals surface area contributed by atoms with Crippen molar-refractivity contribution in [3.8, 4) is 0 Å². The Morgan fingerprint density at radius 1 is 1.50 bits per heavy atom. The third-order valence-corrected chi connectivity index (χ3v) is 1.60. The zero-order chi connectivity index (χ0) is 9.30. The molecule has 1 rings (SSSR count). The standard InChI is InChI=1S/C5H6N4O2S/c6-2-3(7)8-5(12)9(1-10)4(2)11/h1H,6-7H2,(H,8,12). The molecular weight excluding hydrogens is 180 g/mol. The normalized spacial score (nSPS) is 9.67. The first-order valence-electron chi connectivity index (χ1n) is 2.93. The molecule has 1 aromatic heterocycles. The molecule has 1 aromatic rings. The molecule has 0 radical (unpaired) electrons. The SMILES string of the molecule is Nc1[nH]c(=S)n(C=O)c(=O)c1N. The summed E-state index contributed by atoms with van der Waals surface area (Å²) in [6, 6.07) is 0. The van der Waals surface area contributed by atoms with Gasteiger partial charge in [0.05, 0.1) is 0 Å². The van der Waals surface area contributed by atoms with Crippen LogP contribution in [0.5, 0.6) is 0 Å². The van der Waals surface area contributed by atoms with Crippen molar-refractivity contribution in [3.05, 3.63) is 15.1 Å². The fourth-order valence-corrected chi connectivity index (χ4v) is 0.912. The predicted molar refractivity (Wildman–Crippen MR) is 46.9 cm³/mol. The minimum atomic E-state index is -0.703. The molecule has 0 aliphatic heterocycles. The molecule has 7 heteroatoms. The summed E-state index contributed by atoms with van der Waals surface area (Å²) in [7, 11) is 0. The van der Waals surface area contributed by atoms with Crippen molar-refractivity contribution < 1.29 is 4.79 Å². The third-order valence-electron chi connectivity index (χ3n) is 1.31. The van der Waals surface area contributed by atoms with E-state index in [4.69, 9.17) is 11.5 Å². The van der Waals surface area contributed by atoms with Crippen LogP contribution in [0, 0.1) is 4.77 Å². The Balaban J connectivity index is 3.75. The number of anilines is 2. The average Bonchev–Trinajstić information content (AvgIpc) is 2.01. The Labute approximate surface area is 71.8 Å². The van der Waals surface area contributed by atoms with Gasteiger partial charge in [0, 0.05) is 0 Å². The zero-order valence-electron chi connectivity index (χ0n) is 5.90. The molecule has 1 heterocycles. The number of carbonyl (C=O) groups excluding carboxylic acids is 1. The molecule has 0 saturated heterocycles. The van der Waals surface area contributed by atoms with Gasteiger partial charge in [0.1, 0.15) is 11.5 Å². The fraction of sp³-hybridized carbons (Fsp3) is 0. The highest BCUT2D eigenvalue weighted by Crippen LogP contribution is 2.01. The number of H-pyrrole nitrogens is 1. The van der Waals surface area contributed by atoms with E-state index in [9.17, 15) is 9.59 Å². The van der Waals surface area contributed by atoms with Crippen LogP contribution in [0.4, 0.5) is 11.5 Å². The molecule has 0 aliphatic carbocycles. The lowest BCUT2D eigenvalue weighted by molar-refractivity contribution is 0.544. The van der Waals surface area contributed by atoms with E-state index in [1.165, 1.54) is 0 Å². The van der Waals surface area contributed by atoms with Crippen LogP contribution in [0.1, 0.15) is 0 Å². The minimum Gasteiger partial charge on any atom is -0.391 e. The molecule has 0 aromatic carbocycles. The predicted octanol–water partition coefficient (Wildman–Crippen LogP) is -0.891. The molecule has 0 fully saturated rings. The molecule has 0 unspecified atom stereocenters. The molecule has 0 aliphatic rings. The van der Waals surface area contributed by atoms with Gasteiger partial charge in [-0.15, -0.1) is 0 Å². The van der Waals surface area contributed by atoms with Crippen molar-refractivity contribution in [3.63, 3.8) is 0 Å². The van der Waals surface area contributed by atoms with Gasteiger partial charge in [-0.2, -0.15) is 0 Å². The number of nitrogen functional groups attached to an aromatic ring is 2. The monoisotopic (exact) mass is 186 g/mol. The number of nitrogens with zero attached hydrogens (tertiary/aromatic N) is 1. The first kappa shape index (κ1) is 8.47. The number of nitrogens with one attached hydrogen (secondary N) is 1. The maximum atomic E-state index is 11.1. The van der Waals surface area contributed by atoms with Crippen molar-refractivity contribution in [1.82, 2.24) is 9.55 Å². The minimum absolute atomic E-state index is 0.0249. The zero-order valence-corrected chi connectivity index (χ0v) is 6.72. The molecule has 6 nitrogen and oxygen atoms in total. The molecule has 5 N–H and O–H groups in total. The Bertz CT molecular complexity index is 432. The Morgan fingerprint density at radius 3 is 2.58 bits per heavy atom. The first-order valence-corrected chi connectivity index (χ1v) is 3.33. The molecule has 0 atom stereocenters. The molecular formula is C5H6N4O2S. The van der Waals surface area contributed by atoms with Crippen molar-refractivity contribution in [1.29, 1.82) is 0 Å². The van der Waals surface area contributed by atoms with E-state index in [1.807, 2.05) is 0 Å². The largest absolute Gasteiger partial charge is 0.391 e. The van der Waals surface area contributed by atoms with Gasteiger partial charge >= 0.3 is 0 Å². The van der Waals surface area contributed by atoms with Gasteiger partial charge in [-0.25, -0.2) is 4.57 Å². The number of hydrogen-bond donors (Lipinski definition) is 3. The highest BCUT2D eigenvalue weighted by atomic mass is 32.1. The maximum Gasteiger partial charge on any atom is 0.286 e. The van der Waals surface area contributed by atoms with E-state index >= 15 is 0 Å². The topological polar surface area (TPSA) is 107 Å². The smallest absolute Gasteiger partial charge is 0.286 e. The van der Waals surface area contributed by atoms with Crippen LogP contribution < -0.4 is 17.0 Å². The van der Waals surface area contributed by atoms with Gasteiger partial charge in [-0.1, -0.05) is 0 Å². The molecule has 0 amide bonds. The van der Waals surface area contributed by atoms with Crippen molar-refractivity contribution in [2.45, 2.75) is 0 Å². The van der Waals surface area contributed by atoms with Gasteiger partial charge in [0.15, 0.2) is 4.77 Å². The number of carbonyl (C=O) groups is 1. The van der Waals surface area contributed by atoms with Crippen LogP contribution >= 0.6 is 12.2 Å². The number of nitrogens with two attached hydrogens (primary N) is 2. The summed E-state index contributed by atoms with van der Waals surface area (Å²) >= 11 is 4.63. The summed E-state index contributed by atoms with van der Waals surface area (Å²) < 4.78 is 0.600. The van der Waals surface area contributed by atoms with Crippen LogP contribution in [-0.4, -0.2) is 16.0 Å². The summed E-state index contributed by atoms with van der Waals surface area (Å²) in [4.78, 5) is 23.8. The lowest BCUT2D eigenvalue weighted by Gasteiger charge is -2.00. The summed E-state index contributed by atoms with van der Waals surface area (Å²) in [6.45, 7) is 0. The number of aromatic amines is 1. The number of aromatic nitrogens is 2. The van der Waals surface area contributed by atoms with Crippen LogP contribution in [0.25, 0.3) is 0 Å². The van der Waals surface area contributed by atoms with Crippen LogP contribution in [0.15, 0.2) is 4.79 Å².